The lowest BCUT2D eigenvalue weighted by atomic mass is 10.8. The molecule has 0 heterocycles. The molecule has 0 fully saturated rings. The summed E-state index contributed by atoms with van der Waals surface area (Å²) in [6.45, 7) is -0.361. The molecule has 0 bridgehead atoms. The first kappa shape index (κ1) is 15.9. The van der Waals surface area contributed by atoms with E-state index in [0.717, 1.165) is 0 Å². The van der Waals surface area contributed by atoms with Crippen molar-refractivity contribution in [2.24, 2.45) is 0 Å². The van der Waals surface area contributed by atoms with Crippen LogP contribution in [-0.2, 0) is 14.4 Å². The van der Waals surface area contributed by atoms with E-state index in [2.05, 4.69) is 0 Å². The van der Waals surface area contributed by atoms with Gasteiger partial charge in [0, 0.05) is 0 Å². The summed E-state index contributed by atoms with van der Waals surface area (Å²) in [6.07, 6.45) is 0.264. The van der Waals surface area contributed by atoms with Gasteiger partial charge in [0.25, 0.3) is 0 Å². The molecule has 4 N–H and O–H groups in total. The molecule has 0 saturated carbocycles. The number of hydrogen-bond acceptors (Lipinski definition) is 4. The molecule has 0 aliphatic carbocycles. The highest BCUT2D eigenvalue weighted by molar-refractivity contribution is 6.19. The van der Waals surface area contributed by atoms with E-state index >= 15 is 0 Å². The molecule has 0 radical (unpaired) electrons. The molecular formula is C4H8O6. The number of carboxylic acid groups (broad SMARTS) is 1. The maximum Gasteiger partial charge on any atom is 0.368 e. The third-order valence-electron chi connectivity index (χ3n) is 0.175. The van der Waals surface area contributed by atoms with Crippen LogP contribution < -0.4 is 0 Å². The van der Waals surface area contributed by atoms with Gasteiger partial charge in [-0.3, -0.25) is 4.79 Å². The molecule has 0 rings (SSSR count). The van der Waals surface area contributed by atoms with Gasteiger partial charge in [-0.2, -0.15) is 0 Å². The molecule has 10 heavy (non-hydrogen) atoms. The minimum Gasteiger partial charge on any atom is -0.476 e. The lowest BCUT2D eigenvalue weighted by Gasteiger charge is -1.59. The molecule has 0 aromatic carbocycles. The van der Waals surface area contributed by atoms with Crippen LogP contribution in [0.5, 0.6) is 0 Å². The summed E-state index contributed by atoms with van der Waals surface area (Å²) >= 11 is 0. The summed E-state index contributed by atoms with van der Waals surface area (Å²) in [6, 6.07) is 0. The first-order valence-corrected chi connectivity index (χ1v) is 1.91. The number of aldehydes is 2. The van der Waals surface area contributed by atoms with Crippen LogP contribution in [0.25, 0.3) is 0 Å². The summed E-state index contributed by atoms with van der Waals surface area (Å²) < 4.78 is 0. The predicted molar refractivity (Wildman–Crippen MR) is 30.5 cm³/mol. The number of aliphatic hydroxyl groups is 1. The van der Waals surface area contributed by atoms with Crippen LogP contribution >= 0.6 is 0 Å². The predicted octanol–water partition coefficient (Wildman–Crippen LogP) is -2.38. The van der Waals surface area contributed by atoms with E-state index in [1.807, 2.05) is 0 Å². The number of carboxylic acids is 1. The fourth-order valence-corrected chi connectivity index (χ4v) is 0. The first-order chi connectivity index (χ1) is 4.18. The Labute approximate surface area is 56.4 Å². The summed E-state index contributed by atoms with van der Waals surface area (Å²) in [5, 5.41) is 14.9. The molecule has 0 spiro atoms. The minimum absolute atomic E-state index is 0. The van der Waals surface area contributed by atoms with Gasteiger partial charge in [-0.25, -0.2) is 4.79 Å². The van der Waals surface area contributed by atoms with E-state index in [-0.39, 0.29) is 18.4 Å². The molecule has 6 heteroatoms. The Hall–Kier alpha value is -1.27. The van der Waals surface area contributed by atoms with Crippen LogP contribution in [0.15, 0.2) is 0 Å². The monoisotopic (exact) mass is 152 g/mol. The summed E-state index contributed by atoms with van der Waals surface area (Å²) in [7, 11) is 0. The van der Waals surface area contributed by atoms with Crippen molar-refractivity contribution in [3.8, 4) is 0 Å². The molecule has 6 nitrogen and oxygen atoms in total. The van der Waals surface area contributed by atoms with Gasteiger partial charge in [0.2, 0.25) is 6.29 Å². The van der Waals surface area contributed by atoms with Gasteiger partial charge in [-0.05, 0) is 0 Å². The van der Waals surface area contributed by atoms with Crippen LogP contribution in [0.3, 0.4) is 0 Å². The average Bonchev–Trinajstić information content (AvgIpc) is 1.89. The zero-order valence-electron chi connectivity index (χ0n) is 4.98. The smallest absolute Gasteiger partial charge is 0.368 e. The van der Waals surface area contributed by atoms with Crippen molar-refractivity contribution in [3.05, 3.63) is 0 Å². The largest absolute Gasteiger partial charge is 0.476 e. The second-order valence-electron chi connectivity index (χ2n) is 0.805. The van der Waals surface area contributed by atoms with Crippen LogP contribution in [-0.4, -0.2) is 40.8 Å². The van der Waals surface area contributed by atoms with Crippen molar-refractivity contribution in [1.29, 1.82) is 0 Å². The van der Waals surface area contributed by atoms with Crippen molar-refractivity contribution in [3.63, 3.8) is 0 Å². The third kappa shape index (κ3) is 73.8. The Morgan fingerprint density at radius 2 is 1.60 bits per heavy atom. The SMILES string of the molecule is O.O=CC(=O)O.O=CCO. The summed E-state index contributed by atoms with van der Waals surface area (Å²) in [4.78, 5) is 26.8. The van der Waals surface area contributed by atoms with E-state index in [1.54, 1.807) is 0 Å². The summed E-state index contributed by atoms with van der Waals surface area (Å²) in [5.41, 5.74) is 0. The normalized spacial score (nSPS) is 5.70. The van der Waals surface area contributed by atoms with Gasteiger partial charge >= 0.3 is 5.97 Å². The van der Waals surface area contributed by atoms with E-state index < -0.39 is 5.97 Å². The fraction of sp³-hybridized carbons (Fsp3) is 0.250. The lowest BCUT2D eigenvalue weighted by Crippen LogP contribution is -1.91. The van der Waals surface area contributed by atoms with Gasteiger partial charge in [0.05, 0.1) is 6.61 Å². The fourth-order valence-electron chi connectivity index (χ4n) is 0. The van der Waals surface area contributed by atoms with Crippen molar-refractivity contribution in [2.75, 3.05) is 6.61 Å². The molecule has 60 valence electrons. The Balaban J connectivity index is -0.0000000910. The van der Waals surface area contributed by atoms with E-state index in [4.69, 9.17) is 24.6 Å². The number of carbonyl (C=O) groups is 3. The second kappa shape index (κ2) is 15.6. The molecule has 0 aliphatic heterocycles. The molecule has 0 amide bonds. The molecule has 0 aromatic rings. The first-order valence-electron chi connectivity index (χ1n) is 1.91. The van der Waals surface area contributed by atoms with Crippen LogP contribution in [0.1, 0.15) is 0 Å². The molecule has 0 aliphatic rings. The zero-order valence-corrected chi connectivity index (χ0v) is 4.98. The van der Waals surface area contributed by atoms with Gasteiger partial charge in [-0.1, -0.05) is 0 Å². The van der Waals surface area contributed by atoms with Gasteiger partial charge < -0.3 is 20.5 Å². The second-order valence-corrected chi connectivity index (χ2v) is 0.805. The average molecular weight is 152 g/mol. The van der Waals surface area contributed by atoms with E-state index in [1.165, 1.54) is 0 Å². The Morgan fingerprint density at radius 3 is 1.60 bits per heavy atom. The maximum absolute atomic E-state index is 9.00. The Kier molecular flexibility index (Phi) is 24.9. The Bertz CT molecular complexity index is 97.9. The van der Waals surface area contributed by atoms with Crippen molar-refractivity contribution < 1.29 is 30.1 Å². The van der Waals surface area contributed by atoms with E-state index in [9.17, 15) is 0 Å². The van der Waals surface area contributed by atoms with Crippen LogP contribution in [0.4, 0.5) is 0 Å². The van der Waals surface area contributed by atoms with Crippen molar-refractivity contribution in [2.45, 2.75) is 0 Å². The highest BCUT2D eigenvalue weighted by atomic mass is 16.4. The lowest BCUT2D eigenvalue weighted by molar-refractivity contribution is -0.143. The quantitative estimate of drug-likeness (QED) is 0.338. The topological polar surface area (TPSA) is 123 Å². The Morgan fingerprint density at radius 1 is 1.40 bits per heavy atom. The molecule has 0 atom stereocenters. The zero-order chi connectivity index (χ0) is 7.70. The number of aliphatic carboxylic acids is 1. The van der Waals surface area contributed by atoms with Gasteiger partial charge in [0.1, 0.15) is 6.29 Å². The van der Waals surface area contributed by atoms with Crippen LogP contribution in [0, 0.1) is 0 Å². The van der Waals surface area contributed by atoms with Crippen molar-refractivity contribution >= 4 is 18.5 Å². The minimum atomic E-state index is -1.43. The number of hydrogen-bond donors (Lipinski definition) is 2. The number of carbonyl (C=O) groups excluding carboxylic acids is 2. The maximum atomic E-state index is 9.00. The standard InChI is InChI=1S/C2H2O3.C2H4O2.H2O/c3-1-2(4)5;3-1-2-4;/h1H,(H,4,5);1,4H,2H2;1H2. The molecule has 0 unspecified atom stereocenters. The number of rotatable bonds is 2. The number of aliphatic hydroxyl groups excluding tert-OH is 1. The molecular weight excluding hydrogens is 144 g/mol. The third-order valence-corrected chi connectivity index (χ3v) is 0.175. The van der Waals surface area contributed by atoms with Crippen molar-refractivity contribution in [1.82, 2.24) is 0 Å². The van der Waals surface area contributed by atoms with E-state index in [0.29, 0.717) is 6.29 Å². The highest BCUT2D eigenvalue weighted by Crippen LogP contribution is 1.39. The highest BCUT2D eigenvalue weighted by Gasteiger charge is 1.80. The molecule has 0 saturated heterocycles. The molecule has 0 aromatic heterocycles. The van der Waals surface area contributed by atoms with Gasteiger partial charge in [-0.15, -0.1) is 0 Å². The van der Waals surface area contributed by atoms with Crippen LogP contribution in [0.2, 0.25) is 0 Å². The summed E-state index contributed by atoms with van der Waals surface area (Å²) in [5.74, 6) is -1.43. The van der Waals surface area contributed by atoms with Gasteiger partial charge in [0.15, 0.2) is 0 Å².